The lowest BCUT2D eigenvalue weighted by atomic mass is 10.0. The van der Waals surface area contributed by atoms with Gasteiger partial charge in [0.05, 0.1) is 51.8 Å². The van der Waals surface area contributed by atoms with Gasteiger partial charge in [-0.2, -0.15) is 0 Å². The maximum absolute atomic E-state index is 5.85. The molecule has 1 aromatic carbocycles. The van der Waals surface area contributed by atoms with Gasteiger partial charge in [-0.05, 0) is 24.0 Å². The second-order valence-electron chi connectivity index (χ2n) is 6.93. The van der Waals surface area contributed by atoms with Crippen LogP contribution in [0.5, 0.6) is 0 Å². The van der Waals surface area contributed by atoms with Gasteiger partial charge in [0.15, 0.2) is 0 Å². The van der Waals surface area contributed by atoms with E-state index in [2.05, 4.69) is 38.1 Å². The second kappa shape index (κ2) is 8.95. The van der Waals surface area contributed by atoms with Crippen LogP contribution in [0.4, 0.5) is 0 Å². The molecule has 0 spiro atoms. The molecule has 2 heterocycles. The highest BCUT2D eigenvalue weighted by molar-refractivity contribution is 5.21. The Balaban J connectivity index is 1.33. The van der Waals surface area contributed by atoms with E-state index in [1.165, 1.54) is 11.1 Å². The van der Waals surface area contributed by atoms with Gasteiger partial charge in [-0.25, -0.2) is 0 Å². The van der Waals surface area contributed by atoms with Crippen LogP contribution in [0.1, 0.15) is 37.8 Å². The zero-order valence-corrected chi connectivity index (χ0v) is 14.9. The molecule has 0 aliphatic carbocycles. The molecule has 0 aromatic heterocycles. The van der Waals surface area contributed by atoms with Gasteiger partial charge < -0.3 is 18.9 Å². The largest absolute Gasteiger partial charge is 0.376 e. The topological polar surface area (TPSA) is 43.5 Å². The molecule has 2 saturated heterocycles. The fourth-order valence-corrected chi connectivity index (χ4v) is 3.02. The number of ether oxygens (including phenoxy) is 4. The standard InChI is InChI=1S/C20H30O4/c1-3-17(19-13-23-19)11-21-9-15-5-7-16(8-6-15)10-22-12-18(4-2)20-14-24-20/h5-8,17-20H,3-4,9-14H2,1-2H3. The molecule has 24 heavy (non-hydrogen) atoms. The smallest absolute Gasteiger partial charge is 0.0859 e. The third-order valence-corrected chi connectivity index (χ3v) is 5.04. The Morgan fingerprint density at radius 2 is 1.21 bits per heavy atom. The molecule has 3 rings (SSSR count). The van der Waals surface area contributed by atoms with Crippen LogP contribution < -0.4 is 0 Å². The van der Waals surface area contributed by atoms with E-state index in [-0.39, 0.29) is 0 Å². The number of hydrogen-bond acceptors (Lipinski definition) is 4. The minimum absolute atomic E-state index is 0.433. The maximum atomic E-state index is 5.85. The van der Waals surface area contributed by atoms with Crippen LogP contribution in [0.25, 0.3) is 0 Å². The van der Waals surface area contributed by atoms with E-state index in [0.717, 1.165) is 39.3 Å². The summed E-state index contributed by atoms with van der Waals surface area (Å²) in [4.78, 5) is 0. The fraction of sp³-hybridized carbons (Fsp3) is 0.700. The third kappa shape index (κ3) is 5.55. The monoisotopic (exact) mass is 334 g/mol. The molecule has 0 bridgehead atoms. The van der Waals surface area contributed by atoms with Crippen molar-refractivity contribution in [2.24, 2.45) is 11.8 Å². The summed E-state index contributed by atoms with van der Waals surface area (Å²) >= 11 is 0. The van der Waals surface area contributed by atoms with Crippen molar-refractivity contribution in [2.45, 2.75) is 52.1 Å². The van der Waals surface area contributed by atoms with Gasteiger partial charge in [0, 0.05) is 11.8 Å². The van der Waals surface area contributed by atoms with E-state index in [9.17, 15) is 0 Å². The van der Waals surface area contributed by atoms with Gasteiger partial charge >= 0.3 is 0 Å². The highest BCUT2D eigenvalue weighted by Gasteiger charge is 2.32. The van der Waals surface area contributed by atoms with Gasteiger partial charge in [-0.1, -0.05) is 38.1 Å². The van der Waals surface area contributed by atoms with Crippen LogP contribution in [0.3, 0.4) is 0 Å². The Hall–Kier alpha value is -0.940. The van der Waals surface area contributed by atoms with Gasteiger partial charge in [0.1, 0.15) is 0 Å². The minimum atomic E-state index is 0.433. The lowest BCUT2D eigenvalue weighted by Crippen LogP contribution is -2.15. The molecular formula is C20H30O4. The van der Waals surface area contributed by atoms with Crippen molar-refractivity contribution in [1.82, 2.24) is 0 Å². The zero-order chi connectivity index (χ0) is 16.8. The molecule has 0 amide bonds. The molecule has 2 fully saturated rings. The van der Waals surface area contributed by atoms with E-state index in [1.807, 2.05) is 0 Å². The van der Waals surface area contributed by atoms with Crippen LogP contribution in [-0.2, 0) is 32.2 Å². The molecule has 4 unspecified atom stereocenters. The summed E-state index contributed by atoms with van der Waals surface area (Å²) in [5, 5.41) is 0. The first-order chi connectivity index (χ1) is 11.8. The van der Waals surface area contributed by atoms with Crippen molar-refractivity contribution in [3.05, 3.63) is 35.4 Å². The molecule has 0 N–H and O–H groups in total. The Kier molecular flexibility index (Phi) is 6.67. The van der Waals surface area contributed by atoms with Gasteiger partial charge in [-0.15, -0.1) is 0 Å². The first kappa shape index (κ1) is 17.9. The Morgan fingerprint density at radius 1 is 0.833 bits per heavy atom. The molecule has 2 aliphatic rings. The quantitative estimate of drug-likeness (QED) is 0.548. The van der Waals surface area contributed by atoms with Crippen LogP contribution in [0.2, 0.25) is 0 Å². The Morgan fingerprint density at radius 3 is 1.50 bits per heavy atom. The average Bonchev–Trinajstić information content (AvgIpc) is 3.49. The zero-order valence-electron chi connectivity index (χ0n) is 14.9. The van der Waals surface area contributed by atoms with E-state index in [4.69, 9.17) is 18.9 Å². The van der Waals surface area contributed by atoms with Crippen LogP contribution in [-0.4, -0.2) is 38.6 Å². The van der Waals surface area contributed by atoms with Gasteiger partial charge in [0.25, 0.3) is 0 Å². The first-order valence-electron chi connectivity index (χ1n) is 9.26. The predicted molar refractivity (Wildman–Crippen MR) is 92.8 cm³/mol. The lowest BCUT2D eigenvalue weighted by Gasteiger charge is -2.13. The van der Waals surface area contributed by atoms with Crippen molar-refractivity contribution in [3.63, 3.8) is 0 Å². The number of epoxide rings is 2. The molecule has 134 valence electrons. The molecule has 0 radical (unpaired) electrons. The summed E-state index contributed by atoms with van der Waals surface area (Å²) in [5.74, 6) is 1.08. The number of rotatable bonds is 12. The molecular weight excluding hydrogens is 304 g/mol. The molecule has 0 saturated carbocycles. The van der Waals surface area contributed by atoms with E-state index >= 15 is 0 Å². The van der Waals surface area contributed by atoms with Crippen LogP contribution in [0, 0.1) is 11.8 Å². The van der Waals surface area contributed by atoms with Crippen molar-refractivity contribution < 1.29 is 18.9 Å². The third-order valence-electron chi connectivity index (χ3n) is 5.04. The first-order valence-corrected chi connectivity index (χ1v) is 9.26. The minimum Gasteiger partial charge on any atom is -0.376 e. The summed E-state index contributed by atoms with van der Waals surface area (Å²) in [7, 11) is 0. The molecule has 4 nitrogen and oxygen atoms in total. The van der Waals surface area contributed by atoms with Crippen LogP contribution in [0.15, 0.2) is 24.3 Å². The van der Waals surface area contributed by atoms with Gasteiger partial charge in [-0.3, -0.25) is 0 Å². The van der Waals surface area contributed by atoms with Crippen molar-refractivity contribution in [1.29, 1.82) is 0 Å². The molecule has 1 aromatic rings. The average molecular weight is 334 g/mol. The summed E-state index contributed by atoms with van der Waals surface area (Å²) in [6.07, 6.45) is 3.10. The Labute approximate surface area is 145 Å². The number of hydrogen-bond donors (Lipinski definition) is 0. The number of benzene rings is 1. The molecule has 2 aliphatic heterocycles. The van der Waals surface area contributed by atoms with Crippen molar-refractivity contribution >= 4 is 0 Å². The summed E-state index contributed by atoms with van der Waals surface area (Å²) in [6, 6.07) is 8.53. The summed E-state index contributed by atoms with van der Waals surface area (Å²) in [5.41, 5.74) is 2.42. The van der Waals surface area contributed by atoms with E-state index in [0.29, 0.717) is 37.3 Å². The van der Waals surface area contributed by atoms with Crippen molar-refractivity contribution in [2.75, 3.05) is 26.4 Å². The fourth-order valence-electron chi connectivity index (χ4n) is 3.02. The maximum Gasteiger partial charge on any atom is 0.0859 e. The normalized spacial score (nSPS) is 24.6. The predicted octanol–water partition coefficient (Wildman–Crippen LogP) is 3.57. The second-order valence-corrected chi connectivity index (χ2v) is 6.93. The van der Waals surface area contributed by atoms with Crippen LogP contribution >= 0.6 is 0 Å². The molecule has 4 heteroatoms. The van der Waals surface area contributed by atoms with E-state index in [1.54, 1.807) is 0 Å². The SMILES string of the molecule is CCC(COCc1ccc(COCC(CC)C2CO2)cc1)C1CO1. The van der Waals surface area contributed by atoms with E-state index < -0.39 is 0 Å². The lowest BCUT2D eigenvalue weighted by molar-refractivity contribution is 0.0735. The highest BCUT2D eigenvalue weighted by atomic mass is 16.6. The summed E-state index contributed by atoms with van der Waals surface area (Å²) < 4.78 is 22.4. The summed E-state index contributed by atoms with van der Waals surface area (Å²) in [6.45, 7) is 9.11. The van der Waals surface area contributed by atoms with Crippen molar-refractivity contribution in [3.8, 4) is 0 Å². The van der Waals surface area contributed by atoms with Gasteiger partial charge in [0.2, 0.25) is 0 Å². The Bertz CT molecular complexity index is 434. The highest BCUT2D eigenvalue weighted by Crippen LogP contribution is 2.24. The molecule has 4 atom stereocenters.